The lowest BCUT2D eigenvalue weighted by molar-refractivity contribution is 0.111. The van der Waals surface area contributed by atoms with Crippen molar-refractivity contribution in [2.75, 3.05) is 0 Å². The molecule has 0 radical (unpaired) electrons. The van der Waals surface area contributed by atoms with Gasteiger partial charge in [-0.25, -0.2) is 4.98 Å². The van der Waals surface area contributed by atoms with Gasteiger partial charge in [-0.15, -0.1) is 0 Å². The quantitative estimate of drug-likeness (QED) is 0.782. The fourth-order valence-corrected chi connectivity index (χ4v) is 1.92. The van der Waals surface area contributed by atoms with Gasteiger partial charge in [-0.1, -0.05) is 29.3 Å². The molecule has 3 nitrogen and oxygen atoms in total. The Hall–Kier alpha value is -1.32. The number of nitrogens with zero attached hydrogens (tertiary/aromatic N) is 2. The Kier molecular flexibility index (Phi) is 3.22. The molecule has 88 valence electrons. The lowest BCUT2D eigenvalue weighted by atomic mass is 10.1. The SMILES string of the molecule is Cc1nc(-c2ccc(Cl)c(Cl)c2)c(C=O)n1C. The molecule has 0 spiro atoms. The largest absolute Gasteiger partial charge is 0.329 e. The number of imidazole rings is 1. The van der Waals surface area contributed by atoms with E-state index in [1.54, 1.807) is 29.8 Å². The van der Waals surface area contributed by atoms with Crippen LogP contribution in [0.2, 0.25) is 10.0 Å². The molecule has 17 heavy (non-hydrogen) atoms. The molecule has 0 saturated heterocycles. The van der Waals surface area contributed by atoms with Crippen molar-refractivity contribution in [2.45, 2.75) is 6.92 Å². The van der Waals surface area contributed by atoms with E-state index in [4.69, 9.17) is 23.2 Å². The second kappa shape index (κ2) is 4.51. The standard InChI is InChI=1S/C12H10Cl2N2O/c1-7-15-12(11(6-17)16(7)2)8-3-4-9(13)10(14)5-8/h3-6H,1-2H3. The number of aryl methyl sites for hydroxylation is 1. The Labute approximate surface area is 109 Å². The Morgan fingerprint density at radius 1 is 1.29 bits per heavy atom. The molecule has 0 saturated carbocycles. The molecule has 0 aliphatic rings. The zero-order valence-corrected chi connectivity index (χ0v) is 10.9. The predicted octanol–water partition coefficient (Wildman–Crippen LogP) is 3.51. The van der Waals surface area contributed by atoms with Crippen LogP contribution in [0.4, 0.5) is 0 Å². The van der Waals surface area contributed by atoms with Crippen molar-refractivity contribution in [3.05, 3.63) is 39.8 Å². The van der Waals surface area contributed by atoms with Gasteiger partial charge in [-0.2, -0.15) is 0 Å². The molecule has 2 rings (SSSR count). The van der Waals surface area contributed by atoms with Crippen LogP contribution in [0.3, 0.4) is 0 Å². The summed E-state index contributed by atoms with van der Waals surface area (Å²) in [6.45, 7) is 1.84. The first-order chi connectivity index (χ1) is 8.04. The molecule has 1 heterocycles. The van der Waals surface area contributed by atoms with Crippen molar-refractivity contribution in [3.8, 4) is 11.3 Å². The highest BCUT2D eigenvalue weighted by Crippen LogP contribution is 2.29. The lowest BCUT2D eigenvalue weighted by Gasteiger charge is -2.01. The van der Waals surface area contributed by atoms with Crippen molar-refractivity contribution < 1.29 is 4.79 Å². The summed E-state index contributed by atoms with van der Waals surface area (Å²) in [7, 11) is 1.80. The summed E-state index contributed by atoms with van der Waals surface area (Å²) < 4.78 is 1.74. The van der Waals surface area contributed by atoms with Crippen molar-refractivity contribution in [3.63, 3.8) is 0 Å². The molecule has 0 amide bonds. The molecule has 1 aromatic heterocycles. The molecule has 1 aromatic carbocycles. The van der Waals surface area contributed by atoms with Crippen molar-refractivity contribution in [1.29, 1.82) is 0 Å². The molecule has 0 aliphatic heterocycles. The Balaban J connectivity index is 2.64. The van der Waals surface area contributed by atoms with Crippen LogP contribution in [-0.2, 0) is 7.05 Å². The Bertz CT molecular complexity index is 590. The summed E-state index contributed by atoms with van der Waals surface area (Å²) >= 11 is 11.8. The van der Waals surface area contributed by atoms with Crippen molar-refractivity contribution in [2.24, 2.45) is 7.05 Å². The highest BCUT2D eigenvalue weighted by molar-refractivity contribution is 6.42. The number of aromatic nitrogens is 2. The average molecular weight is 269 g/mol. The van der Waals surface area contributed by atoms with Crippen LogP contribution in [0.15, 0.2) is 18.2 Å². The van der Waals surface area contributed by atoms with E-state index >= 15 is 0 Å². The first kappa shape index (κ1) is 12.1. The van der Waals surface area contributed by atoms with Crippen LogP contribution in [0, 0.1) is 6.92 Å². The normalized spacial score (nSPS) is 10.6. The molecule has 5 heteroatoms. The minimum absolute atomic E-state index is 0.448. The van der Waals surface area contributed by atoms with Crippen LogP contribution in [-0.4, -0.2) is 15.8 Å². The third-order valence-electron chi connectivity index (χ3n) is 2.67. The van der Waals surface area contributed by atoms with Gasteiger partial charge < -0.3 is 4.57 Å². The zero-order chi connectivity index (χ0) is 12.6. The minimum Gasteiger partial charge on any atom is -0.329 e. The number of hydrogen-bond donors (Lipinski definition) is 0. The summed E-state index contributed by atoms with van der Waals surface area (Å²) in [5.74, 6) is 0.771. The summed E-state index contributed by atoms with van der Waals surface area (Å²) in [4.78, 5) is 15.4. The maximum Gasteiger partial charge on any atom is 0.168 e. The third-order valence-corrected chi connectivity index (χ3v) is 3.41. The van der Waals surface area contributed by atoms with E-state index in [-0.39, 0.29) is 0 Å². The van der Waals surface area contributed by atoms with Gasteiger partial charge in [0.1, 0.15) is 11.5 Å². The van der Waals surface area contributed by atoms with Gasteiger partial charge in [0, 0.05) is 12.6 Å². The van der Waals surface area contributed by atoms with Gasteiger partial charge >= 0.3 is 0 Å². The maximum absolute atomic E-state index is 11.1. The molecular formula is C12H10Cl2N2O. The van der Waals surface area contributed by atoms with Crippen molar-refractivity contribution in [1.82, 2.24) is 9.55 Å². The molecule has 0 aliphatic carbocycles. The summed E-state index contributed by atoms with van der Waals surface area (Å²) in [5, 5.41) is 0.931. The van der Waals surface area contributed by atoms with Gasteiger partial charge in [0.2, 0.25) is 0 Å². The first-order valence-corrected chi connectivity index (χ1v) is 5.74. The molecule has 0 unspecified atom stereocenters. The van der Waals surface area contributed by atoms with Crippen LogP contribution in [0.25, 0.3) is 11.3 Å². The Morgan fingerprint density at radius 3 is 2.59 bits per heavy atom. The van der Waals surface area contributed by atoms with E-state index in [0.717, 1.165) is 17.7 Å². The third kappa shape index (κ3) is 2.08. The van der Waals surface area contributed by atoms with Gasteiger partial charge in [0.25, 0.3) is 0 Å². The van der Waals surface area contributed by atoms with Crippen LogP contribution in [0.5, 0.6) is 0 Å². The minimum atomic E-state index is 0.448. The molecule has 0 N–H and O–H groups in total. The van der Waals surface area contributed by atoms with Crippen LogP contribution >= 0.6 is 23.2 Å². The molecule has 2 aromatic rings. The number of hydrogen-bond acceptors (Lipinski definition) is 2. The maximum atomic E-state index is 11.1. The molecule has 0 bridgehead atoms. The zero-order valence-electron chi connectivity index (χ0n) is 9.37. The van der Waals surface area contributed by atoms with Gasteiger partial charge in [-0.05, 0) is 19.1 Å². The highest BCUT2D eigenvalue weighted by Gasteiger charge is 2.14. The van der Waals surface area contributed by atoms with Gasteiger partial charge in [0.15, 0.2) is 6.29 Å². The van der Waals surface area contributed by atoms with E-state index in [1.807, 2.05) is 6.92 Å². The second-order valence-corrected chi connectivity index (χ2v) is 4.51. The fraction of sp³-hybridized carbons (Fsp3) is 0.167. The highest BCUT2D eigenvalue weighted by atomic mass is 35.5. The van der Waals surface area contributed by atoms with E-state index in [1.165, 1.54) is 0 Å². The van der Waals surface area contributed by atoms with E-state index in [9.17, 15) is 4.79 Å². The number of rotatable bonds is 2. The van der Waals surface area contributed by atoms with E-state index < -0.39 is 0 Å². The monoisotopic (exact) mass is 268 g/mol. The predicted molar refractivity (Wildman–Crippen MR) is 68.8 cm³/mol. The number of benzene rings is 1. The molecule has 0 fully saturated rings. The van der Waals surface area contributed by atoms with Crippen molar-refractivity contribution >= 4 is 29.5 Å². The molecular weight excluding hydrogens is 259 g/mol. The number of halogens is 2. The number of aldehydes is 1. The summed E-state index contributed by atoms with van der Waals surface area (Å²) in [6.07, 6.45) is 0.790. The first-order valence-electron chi connectivity index (χ1n) is 4.98. The van der Waals surface area contributed by atoms with Crippen LogP contribution < -0.4 is 0 Å². The lowest BCUT2D eigenvalue weighted by Crippen LogP contribution is -1.97. The van der Waals surface area contributed by atoms with Gasteiger partial charge in [-0.3, -0.25) is 4.79 Å². The fourth-order valence-electron chi connectivity index (χ4n) is 1.62. The number of carbonyl (C=O) groups excluding carboxylic acids is 1. The number of carbonyl (C=O) groups is 1. The second-order valence-electron chi connectivity index (χ2n) is 3.70. The van der Waals surface area contributed by atoms with E-state index in [2.05, 4.69) is 4.98 Å². The Morgan fingerprint density at radius 2 is 2.00 bits per heavy atom. The average Bonchev–Trinajstić information content (AvgIpc) is 2.59. The molecule has 0 atom stereocenters. The summed E-state index contributed by atoms with van der Waals surface area (Å²) in [5.41, 5.74) is 1.93. The smallest absolute Gasteiger partial charge is 0.168 e. The topological polar surface area (TPSA) is 34.9 Å². The van der Waals surface area contributed by atoms with Gasteiger partial charge in [0.05, 0.1) is 15.7 Å². The van der Waals surface area contributed by atoms with Crippen LogP contribution in [0.1, 0.15) is 16.3 Å². The van der Waals surface area contributed by atoms with E-state index in [0.29, 0.717) is 21.4 Å². The summed E-state index contributed by atoms with van der Waals surface area (Å²) in [6, 6.07) is 5.19.